The number of carboxylic acids is 1. The number of aliphatic carboxylic acids is 1. The lowest BCUT2D eigenvalue weighted by molar-refractivity contribution is -0.136. The molecule has 1 rings (SSSR count). The third kappa shape index (κ3) is 4.05. The van der Waals surface area contributed by atoms with Gasteiger partial charge in [-0.3, -0.25) is 4.79 Å². The summed E-state index contributed by atoms with van der Waals surface area (Å²) in [6.45, 7) is 2.26. The third-order valence-corrected chi connectivity index (χ3v) is 1.98. The first kappa shape index (κ1) is 12.1. The Kier molecular flexibility index (Phi) is 4.94. The van der Waals surface area contributed by atoms with E-state index in [9.17, 15) is 4.79 Å². The van der Waals surface area contributed by atoms with Crippen molar-refractivity contribution in [2.45, 2.75) is 19.8 Å². The van der Waals surface area contributed by atoms with E-state index in [1.807, 2.05) is 6.07 Å². The molecule has 0 aliphatic carbocycles. The maximum Gasteiger partial charge on any atom is 0.307 e. The summed E-state index contributed by atoms with van der Waals surface area (Å²) >= 11 is 0. The Labute approximate surface area is 95.1 Å². The fourth-order valence-corrected chi connectivity index (χ4v) is 1.29. The highest BCUT2D eigenvalue weighted by molar-refractivity contribution is 5.71. The lowest BCUT2D eigenvalue weighted by Gasteiger charge is -2.08. The van der Waals surface area contributed by atoms with Gasteiger partial charge in [0.1, 0.15) is 5.75 Å². The van der Waals surface area contributed by atoms with Crippen LogP contribution < -0.4 is 4.74 Å². The van der Waals surface area contributed by atoms with E-state index in [1.165, 1.54) is 0 Å². The number of hydrogen-bond donors (Lipinski definition) is 1. The van der Waals surface area contributed by atoms with E-state index < -0.39 is 5.97 Å². The van der Waals surface area contributed by atoms with Gasteiger partial charge in [-0.15, -0.1) is 11.8 Å². The van der Waals surface area contributed by atoms with Gasteiger partial charge in [0.2, 0.25) is 0 Å². The minimum absolute atomic E-state index is 0.0182. The third-order valence-electron chi connectivity index (χ3n) is 1.98. The molecule has 1 aromatic rings. The molecule has 3 nitrogen and oxygen atoms in total. The van der Waals surface area contributed by atoms with E-state index >= 15 is 0 Å². The van der Waals surface area contributed by atoms with Gasteiger partial charge in [0, 0.05) is 12.0 Å². The molecule has 0 aliphatic rings. The van der Waals surface area contributed by atoms with Crippen molar-refractivity contribution in [1.29, 1.82) is 0 Å². The molecule has 0 amide bonds. The highest BCUT2D eigenvalue weighted by Gasteiger charge is 2.06. The van der Waals surface area contributed by atoms with Gasteiger partial charge in [-0.05, 0) is 13.0 Å². The van der Waals surface area contributed by atoms with E-state index in [0.717, 1.165) is 0 Å². The zero-order chi connectivity index (χ0) is 11.8. The first-order chi connectivity index (χ1) is 7.74. The van der Waals surface area contributed by atoms with E-state index in [2.05, 4.69) is 11.8 Å². The molecule has 0 saturated heterocycles. The quantitative estimate of drug-likeness (QED) is 0.608. The van der Waals surface area contributed by atoms with Crippen LogP contribution in [0.2, 0.25) is 0 Å². The molecule has 0 saturated carbocycles. The number of hydrogen-bond acceptors (Lipinski definition) is 2. The molecule has 0 atom stereocenters. The van der Waals surface area contributed by atoms with Gasteiger partial charge in [-0.1, -0.05) is 18.2 Å². The van der Waals surface area contributed by atoms with Crippen LogP contribution in [0.4, 0.5) is 0 Å². The number of carboxylic acid groups (broad SMARTS) is 1. The fourth-order valence-electron chi connectivity index (χ4n) is 1.29. The maximum absolute atomic E-state index is 10.6. The first-order valence-corrected chi connectivity index (χ1v) is 5.06. The standard InChI is InChI=1S/C13H14O3/c1-2-3-6-9-16-12-8-5-4-7-11(12)10-13(14)15/h4-5,7-8H,6,9-10H2,1H3,(H,14,15). The fraction of sp³-hybridized carbons (Fsp3) is 0.308. The van der Waals surface area contributed by atoms with Crippen LogP contribution in [0.25, 0.3) is 0 Å². The predicted molar refractivity (Wildman–Crippen MR) is 61.3 cm³/mol. The average Bonchev–Trinajstić information content (AvgIpc) is 2.26. The summed E-state index contributed by atoms with van der Waals surface area (Å²) in [6.07, 6.45) is 0.632. The van der Waals surface area contributed by atoms with Gasteiger partial charge in [0.25, 0.3) is 0 Å². The largest absolute Gasteiger partial charge is 0.492 e. The van der Waals surface area contributed by atoms with Crippen LogP contribution in [0.5, 0.6) is 5.75 Å². The second-order valence-corrected chi connectivity index (χ2v) is 3.20. The van der Waals surface area contributed by atoms with E-state index in [-0.39, 0.29) is 6.42 Å². The number of ether oxygens (including phenoxy) is 1. The van der Waals surface area contributed by atoms with Crippen molar-refractivity contribution in [2.24, 2.45) is 0 Å². The van der Waals surface area contributed by atoms with Crippen molar-refractivity contribution in [3.63, 3.8) is 0 Å². The van der Waals surface area contributed by atoms with Crippen molar-refractivity contribution >= 4 is 5.97 Å². The smallest absolute Gasteiger partial charge is 0.307 e. The Morgan fingerprint density at radius 3 is 2.88 bits per heavy atom. The topological polar surface area (TPSA) is 46.5 Å². The summed E-state index contributed by atoms with van der Waals surface area (Å²) < 4.78 is 5.47. The molecule has 0 fully saturated rings. The van der Waals surface area contributed by atoms with Crippen LogP contribution in [-0.4, -0.2) is 17.7 Å². The molecule has 0 aromatic heterocycles. The zero-order valence-corrected chi connectivity index (χ0v) is 9.19. The molecule has 1 aromatic carbocycles. The van der Waals surface area contributed by atoms with Gasteiger partial charge in [-0.2, -0.15) is 0 Å². The predicted octanol–water partition coefficient (Wildman–Crippen LogP) is 2.11. The maximum atomic E-state index is 10.6. The number of rotatable bonds is 5. The second-order valence-electron chi connectivity index (χ2n) is 3.20. The molecule has 0 spiro atoms. The summed E-state index contributed by atoms with van der Waals surface area (Å²) in [5.41, 5.74) is 0.694. The highest BCUT2D eigenvalue weighted by Crippen LogP contribution is 2.18. The molecule has 3 heteroatoms. The normalized spacial score (nSPS) is 9.06. The van der Waals surface area contributed by atoms with Crippen LogP contribution >= 0.6 is 0 Å². The molecule has 16 heavy (non-hydrogen) atoms. The Morgan fingerprint density at radius 2 is 2.19 bits per heavy atom. The monoisotopic (exact) mass is 218 g/mol. The SMILES string of the molecule is CC#CCCOc1ccccc1CC(=O)O. The van der Waals surface area contributed by atoms with Crippen LogP contribution in [0.1, 0.15) is 18.9 Å². The molecular weight excluding hydrogens is 204 g/mol. The Bertz CT molecular complexity index is 413. The summed E-state index contributed by atoms with van der Waals surface area (Å²) in [6, 6.07) is 7.16. The molecule has 0 aliphatic heterocycles. The molecular formula is C13H14O3. The molecule has 1 N–H and O–H groups in total. The van der Waals surface area contributed by atoms with Gasteiger partial charge < -0.3 is 9.84 Å². The van der Waals surface area contributed by atoms with Crippen molar-refractivity contribution in [1.82, 2.24) is 0 Å². The Hall–Kier alpha value is -1.95. The first-order valence-electron chi connectivity index (χ1n) is 5.06. The van der Waals surface area contributed by atoms with Crippen LogP contribution in [0, 0.1) is 11.8 Å². The van der Waals surface area contributed by atoms with Crippen molar-refractivity contribution in [3.05, 3.63) is 29.8 Å². The summed E-state index contributed by atoms with van der Waals surface area (Å²) in [4.78, 5) is 10.6. The van der Waals surface area contributed by atoms with Crippen molar-refractivity contribution < 1.29 is 14.6 Å². The lowest BCUT2D eigenvalue weighted by atomic mass is 10.1. The summed E-state index contributed by atoms with van der Waals surface area (Å²) in [5.74, 6) is 5.43. The molecule has 0 heterocycles. The van der Waals surface area contributed by atoms with E-state index in [4.69, 9.17) is 9.84 Å². The lowest BCUT2D eigenvalue weighted by Crippen LogP contribution is -2.04. The Balaban J connectivity index is 2.62. The average molecular weight is 218 g/mol. The van der Waals surface area contributed by atoms with Crippen LogP contribution in [0.3, 0.4) is 0 Å². The van der Waals surface area contributed by atoms with Gasteiger partial charge in [0.15, 0.2) is 0 Å². The highest BCUT2D eigenvalue weighted by atomic mass is 16.5. The molecule has 84 valence electrons. The Morgan fingerprint density at radius 1 is 1.44 bits per heavy atom. The van der Waals surface area contributed by atoms with Crippen LogP contribution in [-0.2, 0) is 11.2 Å². The zero-order valence-electron chi connectivity index (χ0n) is 9.19. The van der Waals surface area contributed by atoms with Crippen molar-refractivity contribution in [2.75, 3.05) is 6.61 Å². The minimum atomic E-state index is -0.857. The number of carbonyl (C=O) groups is 1. The summed E-state index contributed by atoms with van der Waals surface area (Å²) in [7, 11) is 0. The second kappa shape index (κ2) is 6.52. The minimum Gasteiger partial charge on any atom is -0.492 e. The summed E-state index contributed by atoms with van der Waals surface area (Å²) in [5, 5.41) is 8.72. The molecule has 0 unspecified atom stereocenters. The van der Waals surface area contributed by atoms with Gasteiger partial charge in [0.05, 0.1) is 13.0 Å². The molecule has 0 radical (unpaired) electrons. The number of benzene rings is 1. The number of para-hydroxylation sites is 1. The van der Waals surface area contributed by atoms with Gasteiger partial charge >= 0.3 is 5.97 Å². The van der Waals surface area contributed by atoms with E-state index in [0.29, 0.717) is 24.3 Å². The molecule has 0 bridgehead atoms. The van der Waals surface area contributed by atoms with Crippen LogP contribution in [0.15, 0.2) is 24.3 Å². The van der Waals surface area contributed by atoms with E-state index in [1.54, 1.807) is 25.1 Å². The van der Waals surface area contributed by atoms with Crippen molar-refractivity contribution in [3.8, 4) is 17.6 Å². The van der Waals surface area contributed by atoms with Gasteiger partial charge in [-0.25, -0.2) is 0 Å².